The van der Waals surface area contributed by atoms with Crippen molar-refractivity contribution in [1.82, 2.24) is 0 Å². The van der Waals surface area contributed by atoms with Gasteiger partial charge in [-0.25, -0.2) is 0 Å². The van der Waals surface area contributed by atoms with E-state index in [-0.39, 0.29) is 49.3 Å². The van der Waals surface area contributed by atoms with Crippen molar-refractivity contribution in [2.75, 3.05) is 0 Å². The van der Waals surface area contributed by atoms with Gasteiger partial charge in [0, 0.05) is 0 Å². The van der Waals surface area contributed by atoms with E-state index in [1.54, 1.807) is 0 Å². The van der Waals surface area contributed by atoms with E-state index in [4.69, 9.17) is 9.46 Å². The van der Waals surface area contributed by atoms with E-state index in [2.05, 4.69) is 0 Å². The van der Waals surface area contributed by atoms with Crippen molar-refractivity contribution in [3.63, 3.8) is 0 Å². The van der Waals surface area contributed by atoms with E-state index in [9.17, 15) is 0 Å². The van der Waals surface area contributed by atoms with Crippen molar-refractivity contribution in [1.29, 1.82) is 0 Å². The molecule has 0 unspecified atom stereocenters. The third kappa shape index (κ3) is 4520. The van der Waals surface area contributed by atoms with Crippen LogP contribution >= 0.6 is 8.69 Å². The summed E-state index contributed by atoms with van der Waals surface area (Å²) in [5.41, 5.74) is 0. The summed E-state index contributed by atoms with van der Waals surface area (Å²) in [6.07, 6.45) is 0. The zero-order valence-corrected chi connectivity index (χ0v) is 6.46. The van der Waals surface area contributed by atoms with Crippen LogP contribution in [0.1, 0.15) is 0 Å². The summed E-state index contributed by atoms with van der Waals surface area (Å²) in [5.74, 6) is 0. The quantitative estimate of drug-likeness (QED) is 0.292. The molecule has 10 heteroatoms. The molecule has 0 saturated heterocycles. The average molecular weight is 230 g/mol. The second-order valence-corrected chi connectivity index (χ2v) is 0.224. The van der Waals surface area contributed by atoms with Crippen LogP contribution in [0.2, 0.25) is 0 Å². The Balaban J connectivity index is -0.000000000952. The molecule has 0 aliphatic heterocycles. The Labute approximate surface area is 68.3 Å². The normalized spacial score (nSPS) is 2.10. The summed E-state index contributed by atoms with van der Waals surface area (Å²) in [4.78, 5) is 8.35. The summed E-state index contributed by atoms with van der Waals surface area (Å²) < 4.78 is 8.35. The predicted octanol–water partition coefficient (Wildman–Crippen LogP) is -5.40. The Morgan fingerprint density at radius 3 is 0.800 bits per heavy atom. The molecule has 0 aliphatic carbocycles. The maximum absolute atomic E-state index is 8.35. The molecule has 0 aliphatic rings. The van der Waals surface area contributed by atoms with Gasteiger partial charge in [0.15, 0.2) is 0 Å². The molecule has 0 aromatic heterocycles. The van der Waals surface area contributed by atoms with Gasteiger partial charge in [0.1, 0.15) is 0 Å². The Morgan fingerprint density at radius 1 is 0.800 bits per heavy atom. The van der Waals surface area contributed by atoms with E-state index in [0.29, 0.717) is 0 Å². The third-order valence-corrected chi connectivity index (χ3v) is 0. The molecule has 0 aromatic rings. The third-order valence-electron chi connectivity index (χ3n) is 0. The van der Waals surface area contributed by atoms with E-state index in [0.717, 1.165) is 0 Å². The van der Waals surface area contributed by atoms with Crippen molar-refractivity contribution in [3.05, 3.63) is 0 Å². The zero-order chi connectivity index (χ0) is 2.71. The van der Waals surface area contributed by atoms with Crippen LogP contribution in [-0.4, -0.2) is 32.9 Å². The van der Waals surface area contributed by atoms with E-state index in [1.807, 2.05) is 0 Å². The SMILES string of the molecule is O.O.O.O.O.O.O=P[O-].[Ni+2]. The first-order chi connectivity index (χ1) is 1.41. The molecule has 0 saturated carbocycles. The van der Waals surface area contributed by atoms with Gasteiger partial charge in [-0.3, -0.25) is 4.57 Å². The van der Waals surface area contributed by atoms with Crippen molar-refractivity contribution in [2.24, 2.45) is 0 Å². The van der Waals surface area contributed by atoms with Crippen molar-refractivity contribution < 1.29 is 58.8 Å². The minimum Gasteiger partial charge on any atom is -0.772 e. The van der Waals surface area contributed by atoms with Gasteiger partial charge >= 0.3 is 16.5 Å². The van der Waals surface area contributed by atoms with Crippen molar-refractivity contribution >= 4 is 8.69 Å². The molecule has 0 fully saturated rings. The topological polar surface area (TPSA) is 229 Å². The second-order valence-electron chi connectivity index (χ2n) is 0.0745. The fraction of sp³-hybridized carbons (Fsp3) is 0. The van der Waals surface area contributed by atoms with Gasteiger partial charge in [0.05, 0.1) is 8.69 Å². The Bertz CT molecular complexity index is 16.7. The molecule has 10 heavy (non-hydrogen) atoms. The van der Waals surface area contributed by atoms with Gasteiger partial charge in [0.25, 0.3) is 0 Å². The molecule has 0 radical (unpaired) electrons. The molecule has 0 rings (SSSR count). The monoisotopic (exact) mass is 229 g/mol. The molecule has 0 bridgehead atoms. The van der Waals surface area contributed by atoms with E-state index in [1.165, 1.54) is 0 Å². The van der Waals surface area contributed by atoms with Crippen LogP contribution in [0.25, 0.3) is 0 Å². The zero-order valence-electron chi connectivity index (χ0n) is 4.58. The maximum atomic E-state index is 8.35. The molecular weight excluding hydrogens is 218 g/mol. The summed E-state index contributed by atoms with van der Waals surface area (Å²) >= 11 is 0. The van der Waals surface area contributed by atoms with Crippen LogP contribution in [-0.2, 0) is 21.1 Å². The molecule has 12 N–H and O–H groups in total. The summed E-state index contributed by atoms with van der Waals surface area (Å²) in [6, 6.07) is 0. The molecule has 0 aromatic carbocycles. The minimum absolute atomic E-state index is 0. The Kier molecular flexibility index (Phi) is 6240. The fourth-order valence-corrected chi connectivity index (χ4v) is 0. The average Bonchev–Trinajstić information content (AvgIpc) is 0.918. The largest absolute Gasteiger partial charge is 2.00 e. The smallest absolute Gasteiger partial charge is 0.772 e. The van der Waals surface area contributed by atoms with Gasteiger partial charge in [-0.15, -0.1) is 0 Å². The molecule has 0 spiro atoms. The Morgan fingerprint density at radius 2 is 0.800 bits per heavy atom. The van der Waals surface area contributed by atoms with Crippen LogP contribution in [0, 0.1) is 0 Å². The van der Waals surface area contributed by atoms with Crippen molar-refractivity contribution in [2.45, 2.75) is 0 Å². The second kappa shape index (κ2) is 373. The van der Waals surface area contributed by atoms with Gasteiger partial charge in [0.2, 0.25) is 0 Å². The molecule has 0 amide bonds. The van der Waals surface area contributed by atoms with E-state index >= 15 is 0 Å². The number of hydrogen-bond acceptors (Lipinski definition) is 2. The molecular formula is H12NiO8P+. The predicted molar refractivity (Wildman–Crippen MR) is 29.3 cm³/mol. The number of hydrogen-bond donors (Lipinski definition) is 0. The summed E-state index contributed by atoms with van der Waals surface area (Å²) in [5, 5.41) is 0. The van der Waals surface area contributed by atoms with Crippen molar-refractivity contribution in [3.8, 4) is 0 Å². The minimum atomic E-state index is -1.08. The van der Waals surface area contributed by atoms with Crippen LogP contribution in [0.5, 0.6) is 0 Å². The summed E-state index contributed by atoms with van der Waals surface area (Å²) in [7, 11) is -1.08. The molecule has 0 heterocycles. The van der Waals surface area contributed by atoms with E-state index < -0.39 is 8.69 Å². The molecule has 0 atom stereocenters. The van der Waals surface area contributed by atoms with Crippen LogP contribution in [0.3, 0.4) is 0 Å². The molecule has 74 valence electrons. The molecule has 8 nitrogen and oxygen atoms in total. The van der Waals surface area contributed by atoms with Gasteiger partial charge in [-0.2, -0.15) is 0 Å². The standard InChI is InChI=1S/Ni.HO2P.6H2O/c;1-3-2;;;;;;/h;(H,1,2);6*1H2/q+2;;;;;;;/p-1. The fourth-order valence-electron chi connectivity index (χ4n) is 0. The summed E-state index contributed by atoms with van der Waals surface area (Å²) in [6.45, 7) is 0. The maximum Gasteiger partial charge on any atom is 2.00 e. The van der Waals surface area contributed by atoms with Gasteiger partial charge in [-0.1, -0.05) is 0 Å². The van der Waals surface area contributed by atoms with Gasteiger partial charge in [-0.05, 0) is 0 Å². The Hall–Kier alpha value is 0.314. The first kappa shape index (κ1) is 167. The first-order valence-corrected chi connectivity index (χ1v) is 1.10. The van der Waals surface area contributed by atoms with Crippen LogP contribution in [0.4, 0.5) is 0 Å². The van der Waals surface area contributed by atoms with Crippen LogP contribution in [0.15, 0.2) is 0 Å². The van der Waals surface area contributed by atoms with Gasteiger partial charge < -0.3 is 37.8 Å². The number of rotatable bonds is 0. The van der Waals surface area contributed by atoms with Crippen LogP contribution < -0.4 is 4.89 Å². The first-order valence-electron chi connectivity index (χ1n) is 0.365.